The maximum Gasteiger partial charge on any atom is 0.325 e. The third kappa shape index (κ3) is 3.11. The summed E-state index contributed by atoms with van der Waals surface area (Å²) in [6.45, 7) is 7.40. The van der Waals surface area contributed by atoms with E-state index in [0.717, 1.165) is 37.6 Å². The molecule has 1 saturated heterocycles. The lowest BCUT2D eigenvalue weighted by molar-refractivity contribution is -0.138. The molecule has 110 valence electrons. The standard InChI is InChI=1S/C15H22N2O3/c1-10(2)12-9-11(14(16)15(18)19)3-4-13(12)17-5-7-20-8-6-17/h3-4,9-10,14H,5-8,16H2,1-2H3,(H,18,19)/t14-/m0/s1. The van der Waals surface area contributed by atoms with Crippen molar-refractivity contribution >= 4 is 11.7 Å². The first-order valence-corrected chi connectivity index (χ1v) is 6.95. The summed E-state index contributed by atoms with van der Waals surface area (Å²) in [7, 11) is 0. The summed E-state index contributed by atoms with van der Waals surface area (Å²) >= 11 is 0. The van der Waals surface area contributed by atoms with E-state index in [2.05, 4.69) is 18.7 Å². The van der Waals surface area contributed by atoms with Gasteiger partial charge in [-0.05, 0) is 23.1 Å². The molecule has 20 heavy (non-hydrogen) atoms. The van der Waals surface area contributed by atoms with Crippen molar-refractivity contribution in [3.8, 4) is 0 Å². The first-order valence-electron chi connectivity index (χ1n) is 6.95. The highest BCUT2D eigenvalue weighted by Gasteiger charge is 2.20. The molecule has 0 aliphatic carbocycles. The molecule has 0 aromatic heterocycles. The molecule has 1 aliphatic rings. The summed E-state index contributed by atoms with van der Waals surface area (Å²) < 4.78 is 5.38. The normalized spacial score (nSPS) is 17.3. The number of hydrogen-bond donors (Lipinski definition) is 2. The van der Waals surface area contributed by atoms with E-state index in [1.807, 2.05) is 18.2 Å². The molecule has 0 spiro atoms. The zero-order valence-electron chi connectivity index (χ0n) is 12.0. The zero-order valence-corrected chi connectivity index (χ0v) is 12.0. The van der Waals surface area contributed by atoms with Crippen LogP contribution in [0.25, 0.3) is 0 Å². The number of hydrogen-bond acceptors (Lipinski definition) is 4. The monoisotopic (exact) mass is 278 g/mol. The van der Waals surface area contributed by atoms with E-state index < -0.39 is 12.0 Å². The minimum Gasteiger partial charge on any atom is -0.480 e. The summed E-state index contributed by atoms with van der Waals surface area (Å²) in [6.07, 6.45) is 0. The van der Waals surface area contributed by atoms with Gasteiger partial charge in [0.05, 0.1) is 13.2 Å². The first kappa shape index (κ1) is 14.8. The van der Waals surface area contributed by atoms with Gasteiger partial charge < -0.3 is 20.5 Å². The number of nitrogens with two attached hydrogens (primary N) is 1. The number of morpholine rings is 1. The highest BCUT2D eigenvalue weighted by Crippen LogP contribution is 2.30. The second-order valence-corrected chi connectivity index (χ2v) is 5.39. The van der Waals surface area contributed by atoms with Crippen LogP contribution in [0, 0.1) is 0 Å². The molecule has 2 rings (SSSR count). The minimum absolute atomic E-state index is 0.314. The third-order valence-corrected chi connectivity index (χ3v) is 3.65. The number of rotatable bonds is 4. The van der Waals surface area contributed by atoms with Crippen LogP contribution in [0.4, 0.5) is 5.69 Å². The van der Waals surface area contributed by atoms with Gasteiger partial charge in [0, 0.05) is 18.8 Å². The van der Waals surface area contributed by atoms with Gasteiger partial charge in [0.1, 0.15) is 6.04 Å². The molecule has 0 bridgehead atoms. The zero-order chi connectivity index (χ0) is 14.7. The summed E-state index contributed by atoms with van der Waals surface area (Å²) in [6, 6.07) is 4.76. The van der Waals surface area contributed by atoms with Crippen LogP contribution in [0.5, 0.6) is 0 Å². The Labute approximate surface area is 119 Å². The van der Waals surface area contributed by atoms with Crippen molar-refractivity contribution in [2.45, 2.75) is 25.8 Å². The lowest BCUT2D eigenvalue weighted by Crippen LogP contribution is -2.37. The van der Waals surface area contributed by atoms with E-state index in [0.29, 0.717) is 11.5 Å². The fourth-order valence-electron chi connectivity index (χ4n) is 2.46. The number of carbonyl (C=O) groups is 1. The summed E-state index contributed by atoms with van der Waals surface area (Å²) in [5.74, 6) is -0.687. The lowest BCUT2D eigenvalue weighted by atomic mass is 9.95. The van der Waals surface area contributed by atoms with E-state index in [4.69, 9.17) is 15.6 Å². The third-order valence-electron chi connectivity index (χ3n) is 3.65. The molecule has 0 amide bonds. The van der Waals surface area contributed by atoms with Gasteiger partial charge in [-0.3, -0.25) is 4.79 Å². The maximum atomic E-state index is 11.0. The van der Waals surface area contributed by atoms with Crippen molar-refractivity contribution in [2.75, 3.05) is 31.2 Å². The average Bonchev–Trinajstić information content (AvgIpc) is 2.46. The van der Waals surface area contributed by atoms with Crippen LogP contribution in [-0.4, -0.2) is 37.4 Å². The Morgan fingerprint density at radius 2 is 2.00 bits per heavy atom. The highest BCUT2D eigenvalue weighted by atomic mass is 16.5. The van der Waals surface area contributed by atoms with Crippen LogP contribution in [0.15, 0.2) is 18.2 Å². The van der Waals surface area contributed by atoms with Gasteiger partial charge in [0.25, 0.3) is 0 Å². The molecular weight excluding hydrogens is 256 g/mol. The molecule has 5 heteroatoms. The molecule has 1 aliphatic heterocycles. The summed E-state index contributed by atoms with van der Waals surface area (Å²) in [5, 5.41) is 9.03. The second kappa shape index (κ2) is 6.24. The van der Waals surface area contributed by atoms with Crippen LogP contribution >= 0.6 is 0 Å². The van der Waals surface area contributed by atoms with Crippen molar-refractivity contribution in [3.63, 3.8) is 0 Å². The molecule has 3 N–H and O–H groups in total. The highest BCUT2D eigenvalue weighted by molar-refractivity contribution is 5.76. The van der Waals surface area contributed by atoms with Gasteiger partial charge in [-0.15, -0.1) is 0 Å². The smallest absolute Gasteiger partial charge is 0.325 e. The van der Waals surface area contributed by atoms with Crippen LogP contribution < -0.4 is 10.6 Å². The van der Waals surface area contributed by atoms with E-state index in [1.54, 1.807) is 0 Å². The number of carboxylic acids is 1. The summed E-state index contributed by atoms with van der Waals surface area (Å²) in [5.41, 5.74) is 8.65. The van der Waals surface area contributed by atoms with Crippen molar-refractivity contribution in [1.29, 1.82) is 0 Å². The van der Waals surface area contributed by atoms with Gasteiger partial charge in [-0.25, -0.2) is 0 Å². The van der Waals surface area contributed by atoms with Gasteiger partial charge in [0.2, 0.25) is 0 Å². The van der Waals surface area contributed by atoms with Crippen molar-refractivity contribution in [3.05, 3.63) is 29.3 Å². The molecule has 0 unspecified atom stereocenters. The molecule has 1 fully saturated rings. The number of aliphatic carboxylic acids is 1. The fraction of sp³-hybridized carbons (Fsp3) is 0.533. The topological polar surface area (TPSA) is 75.8 Å². The Morgan fingerprint density at radius 1 is 1.35 bits per heavy atom. The van der Waals surface area contributed by atoms with Crippen LogP contribution in [-0.2, 0) is 9.53 Å². The molecule has 0 saturated carbocycles. The molecule has 1 heterocycles. The quantitative estimate of drug-likeness (QED) is 0.877. The van der Waals surface area contributed by atoms with Crippen LogP contribution in [0.1, 0.15) is 36.9 Å². The predicted molar refractivity (Wildman–Crippen MR) is 78.1 cm³/mol. The van der Waals surface area contributed by atoms with Crippen LogP contribution in [0.2, 0.25) is 0 Å². The van der Waals surface area contributed by atoms with E-state index in [1.165, 1.54) is 0 Å². The van der Waals surface area contributed by atoms with Crippen molar-refractivity contribution in [1.82, 2.24) is 0 Å². The van der Waals surface area contributed by atoms with Gasteiger partial charge in [-0.2, -0.15) is 0 Å². The van der Waals surface area contributed by atoms with Gasteiger partial charge >= 0.3 is 5.97 Å². The first-order chi connectivity index (χ1) is 9.50. The summed E-state index contributed by atoms with van der Waals surface area (Å²) in [4.78, 5) is 13.3. The Hall–Kier alpha value is -1.59. The Kier molecular flexibility index (Phi) is 4.62. The Bertz CT molecular complexity index is 482. The predicted octanol–water partition coefficient (Wildman–Crippen LogP) is 1.73. The average molecular weight is 278 g/mol. The molecule has 1 aromatic carbocycles. The lowest BCUT2D eigenvalue weighted by Gasteiger charge is -2.32. The molecule has 1 aromatic rings. The fourth-order valence-corrected chi connectivity index (χ4v) is 2.46. The molecule has 0 radical (unpaired) electrons. The van der Waals surface area contributed by atoms with E-state index >= 15 is 0 Å². The molecule has 1 atom stereocenters. The number of ether oxygens (including phenoxy) is 1. The Balaban J connectivity index is 2.35. The molecular formula is C15H22N2O3. The minimum atomic E-state index is -1.00. The number of nitrogens with zero attached hydrogens (tertiary/aromatic N) is 1. The number of anilines is 1. The largest absolute Gasteiger partial charge is 0.480 e. The van der Waals surface area contributed by atoms with Crippen molar-refractivity contribution < 1.29 is 14.6 Å². The number of benzene rings is 1. The Morgan fingerprint density at radius 3 is 2.55 bits per heavy atom. The SMILES string of the molecule is CC(C)c1cc([C@H](N)C(=O)O)ccc1N1CCOCC1. The maximum absolute atomic E-state index is 11.0. The van der Waals surface area contributed by atoms with Crippen molar-refractivity contribution in [2.24, 2.45) is 5.73 Å². The van der Waals surface area contributed by atoms with E-state index in [9.17, 15) is 4.79 Å². The van der Waals surface area contributed by atoms with Gasteiger partial charge in [-0.1, -0.05) is 26.0 Å². The number of carboxylic acid groups (broad SMARTS) is 1. The van der Waals surface area contributed by atoms with Crippen LogP contribution in [0.3, 0.4) is 0 Å². The van der Waals surface area contributed by atoms with Gasteiger partial charge in [0.15, 0.2) is 0 Å². The molecule has 5 nitrogen and oxygen atoms in total. The van der Waals surface area contributed by atoms with E-state index in [-0.39, 0.29) is 0 Å². The second-order valence-electron chi connectivity index (χ2n) is 5.39.